The van der Waals surface area contributed by atoms with Crippen molar-refractivity contribution in [1.29, 1.82) is 0 Å². The SMILES string of the molecule is CCc1cnc(C(C)NC(=O)c2cccc(F)c2NC)s1. The Hall–Kier alpha value is -1.95. The molecule has 0 radical (unpaired) electrons. The predicted molar refractivity (Wildman–Crippen MR) is 83.3 cm³/mol. The van der Waals surface area contributed by atoms with E-state index in [0.717, 1.165) is 11.4 Å². The van der Waals surface area contributed by atoms with Gasteiger partial charge in [0, 0.05) is 18.1 Å². The summed E-state index contributed by atoms with van der Waals surface area (Å²) in [5.41, 5.74) is 0.493. The van der Waals surface area contributed by atoms with Gasteiger partial charge >= 0.3 is 0 Å². The van der Waals surface area contributed by atoms with Gasteiger partial charge in [0.1, 0.15) is 10.8 Å². The van der Waals surface area contributed by atoms with Crippen LogP contribution in [0.15, 0.2) is 24.4 Å². The van der Waals surface area contributed by atoms with Crippen molar-refractivity contribution in [3.63, 3.8) is 0 Å². The third-order valence-corrected chi connectivity index (χ3v) is 4.47. The quantitative estimate of drug-likeness (QED) is 0.890. The molecular formula is C15H18FN3OS. The van der Waals surface area contributed by atoms with E-state index in [9.17, 15) is 9.18 Å². The molecule has 1 atom stereocenters. The number of amides is 1. The van der Waals surface area contributed by atoms with Crippen LogP contribution in [0.2, 0.25) is 0 Å². The monoisotopic (exact) mass is 307 g/mol. The van der Waals surface area contributed by atoms with E-state index in [0.29, 0.717) is 0 Å². The van der Waals surface area contributed by atoms with Crippen molar-refractivity contribution in [3.8, 4) is 0 Å². The second-order valence-corrected chi connectivity index (χ2v) is 5.77. The third-order valence-electron chi connectivity index (χ3n) is 3.15. The number of carbonyl (C=O) groups excluding carboxylic acids is 1. The second-order valence-electron chi connectivity index (χ2n) is 4.63. The number of halogens is 1. The molecule has 2 aromatic rings. The molecule has 4 nitrogen and oxygen atoms in total. The Morgan fingerprint density at radius 2 is 2.24 bits per heavy atom. The smallest absolute Gasteiger partial charge is 0.254 e. The van der Waals surface area contributed by atoms with Gasteiger partial charge < -0.3 is 10.6 Å². The van der Waals surface area contributed by atoms with Gasteiger partial charge in [-0.3, -0.25) is 4.79 Å². The molecule has 1 unspecified atom stereocenters. The van der Waals surface area contributed by atoms with Gasteiger partial charge in [0.05, 0.1) is 17.3 Å². The van der Waals surface area contributed by atoms with Gasteiger partial charge in [0.15, 0.2) is 0 Å². The molecular weight excluding hydrogens is 289 g/mol. The topological polar surface area (TPSA) is 54.0 Å². The summed E-state index contributed by atoms with van der Waals surface area (Å²) in [7, 11) is 1.59. The highest BCUT2D eigenvalue weighted by atomic mass is 32.1. The molecule has 112 valence electrons. The molecule has 0 saturated carbocycles. The van der Waals surface area contributed by atoms with Crippen LogP contribution in [-0.2, 0) is 6.42 Å². The van der Waals surface area contributed by atoms with Crippen LogP contribution in [0.3, 0.4) is 0 Å². The van der Waals surface area contributed by atoms with Crippen molar-refractivity contribution in [2.45, 2.75) is 26.3 Å². The van der Waals surface area contributed by atoms with Crippen LogP contribution >= 0.6 is 11.3 Å². The number of hydrogen-bond donors (Lipinski definition) is 2. The van der Waals surface area contributed by atoms with E-state index in [2.05, 4.69) is 22.5 Å². The lowest BCUT2D eigenvalue weighted by molar-refractivity contribution is 0.0940. The number of nitrogens with one attached hydrogen (secondary N) is 2. The van der Waals surface area contributed by atoms with E-state index in [1.165, 1.54) is 17.0 Å². The fourth-order valence-corrected chi connectivity index (χ4v) is 2.85. The first-order valence-electron chi connectivity index (χ1n) is 6.78. The number of nitrogens with zero attached hydrogens (tertiary/aromatic N) is 1. The molecule has 0 fully saturated rings. The Kier molecular flexibility index (Phi) is 4.90. The maximum atomic E-state index is 13.7. The first kappa shape index (κ1) is 15.4. The number of hydrogen-bond acceptors (Lipinski definition) is 4. The number of para-hydroxylation sites is 1. The summed E-state index contributed by atoms with van der Waals surface area (Å²) in [5.74, 6) is -0.764. The number of anilines is 1. The van der Waals surface area contributed by atoms with Crippen molar-refractivity contribution >= 4 is 22.9 Å². The molecule has 0 aliphatic heterocycles. The molecule has 0 aliphatic rings. The molecule has 1 aromatic heterocycles. The van der Waals surface area contributed by atoms with Gasteiger partial charge in [-0.25, -0.2) is 9.37 Å². The zero-order chi connectivity index (χ0) is 15.4. The molecule has 2 N–H and O–H groups in total. The minimum atomic E-state index is -0.444. The molecule has 1 aromatic carbocycles. The fraction of sp³-hybridized carbons (Fsp3) is 0.333. The molecule has 0 saturated heterocycles. The average molecular weight is 307 g/mol. The lowest BCUT2D eigenvalue weighted by atomic mass is 10.1. The van der Waals surface area contributed by atoms with Crippen molar-refractivity contribution in [2.75, 3.05) is 12.4 Å². The minimum Gasteiger partial charge on any atom is -0.385 e. The van der Waals surface area contributed by atoms with E-state index < -0.39 is 5.82 Å². The number of aromatic nitrogens is 1. The number of thiazole rings is 1. The molecule has 1 heterocycles. The van der Waals surface area contributed by atoms with Crippen LogP contribution in [-0.4, -0.2) is 17.9 Å². The molecule has 21 heavy (non-hydrogen) atoms. The van der Waals surface area contributed by atoms with E-state index in [1.54, 1.807) is 24.5 Å². The standard InChI is InChI=1S/C15H18FN3OS/c1-4-10-8-18-15(21-10)9(2)19-14(20)11-6-5-7-12(16)13(11)17-3/h5-9,17H,4H2,1-3H3,(H,19,20). The maximum Gasteiger partial charge on any atom is 0.254 e. The van der Waals surface area contributed by atoms with Gasteiger partial charge in [-0.1, -0.05) is 13.0 Å². The number of benzene rings is 1. The first-order valence-corrected chi connectivity index (χ1v) is 7.60. The summed E-state index contributed by atoms with van der Waals surface area (Å²) >= 11 is 1.58. The van der Waals surface area contributed by atoms with Crippen molar-refractivity contribution in [3.05, 3.63) is 45.7 Å². The van der Waals surface area contributed by atoms with Crippen LogP contribution in [0.1, 0.15) is 40.1 Å². The Labute approximate surface area is 127 Å². The summed E-state index contributed by atoms with van der Waals surface area (Å²) in [6.07, 6.45) is 2.75. The number of carbonyl (C=O) groups is 1. The van der Waals surface area contributed by atoms with Gasteiger partial charge in [-0.2, -0.15) is 0 Å². The van der Waals surface area contributed by atoms with E-state index in [1.807, 2.05) is 13.1 Å². The lowest BCUT2D eigenvalue weighted by Gasteiger charge is -2.14. The van der Waals surface area contributed by atoms with Crippen LogP contribution in [0.5, 0.6) is 0 Å². The average Bonchev–Trinajstić information content (AvgIpc) is 2.95. The largest absolute Gasteiger partial charge is 0.385 e. The Balaban J connectivity index is 2.16. The van der Waals surface area contributed by atoms with Gasteiger partial charge in [-0.15, -0.1) is 11.3 Å². The summed E-state index contributed by atoms with van der Waals surface area (Å²) in [6, 6.07) is 4.22. The Morgan fingerprint density at radius 1 is 1.48 bits per heavy atom. The number of rotatable bonds is 5. The molecule has 6 heteroatoms. The highest BCUT2D eigenvalue weighted by Crippen LogP contribution is 2.23. The number of aryl methyl sites for hydroxylation is 1. The maximum absolute atomic E-state index is 13.7. The predicted octanol–water partition coefficient (Wildman–Crippen LogP) is 3.38. The first-order chi connectivity index (χ1) is 10.1. The van der Waals surface area contributed by atoms with Crippen LogP contribution in [0.4, 0.5) is 10.1 Å². The molecule has 0 spiro atoms. The minimum absolute atomic E-state index is 0.204. The van der Waals surface area contributed by atoms with Gasteiger partial charge in [0.2, 0.25) is 0 Å². The highest BCUT2D eigenvalue weighted by molar-refractivity contribution is 7.11. The van der Waals surface area contributed by atoms with Gasteiger partial charge in [-0.05, 0) is 25.5 Å². The van der Waals surface area contributed by atoms with Crippen LogP contribution < -0.4 is 10.6 Å². The third kappa shape index (κ3) is 3.39. The van der Waals surface area contributed by atoms with Crippen LogP contribution in [0.25, 0.3) is 0 Å². The van der Waals surface area contributed by atoms with Crippen LogP contribution in [0, 0.1) is 5.82 Å². The fourth-order valence-electron chi connectivity index (χ4n) is 1.99. The Morgan fingerprint density at radius 3 is 2.86 bits per heavy atom. The second kappa shape index (κ2) is 6.67. The van der Waals surface area contributed by atoms with E-state index in [-0.39, 0.29) is 23.2 Å². The van der Waals surface area contributed by atoms with E-state index >= 15 is 0 Å². The molecule has 2 rings (SSSR count). The molecule has 0 aliphatic carbocycles. The lowest BCUT2D eigenvalue weighted by Crippen LogP contribution is -2.27. The van der Waals surface area contributed by atoms with Crippen molar-refractivity contribution in [2.24, 2.45) is 0 Å². The van der Waals surface area contributed by atoms with Gasteiger partial charge in [0.25, 0.3) is 5.91 Å². The summed E-state index contributed by atoms with van der Waals surface area (Å²) in [5, 5.41) is 6.43. The Bertz CT molecular complexity index is 642. The normalized spacial score (nSPS) is 12.0. The zero-order valence-electron chi connectivity index (χ0n) is 12.2. The highest BCUT2D eigenvalue weighted by Gasteiger charge is 2.18. The zero-order valence-corrected chi connectivity index (χ0v) is 13.1. The summed E-state index contributed by atoms with van der Waals surface area (Å²) < 4.78 is 13.7. The summed E-state index contributed by atoms with van der Waals surface area (Å²) in [6.45, 7) is 3.93. The molecule has 0 bridgehead atoms. The van der Waals surface area contributed by atoms with E-state index in [4.69, 9.17) is 0 Å². The van der Waals surface area contributed by atoms with Crippen molar-refractivity contribution < 1.29 is 9.18 Å². The summed E-state index contributed by atoms with van der Waals surface area (Å²) in [4.78, 5) is 17.8. The van der Waals surface area contributed by atoms with Crippen molar-refractivity contribution in [1.82, 2.24) is 10.3 Å². The molecule has 1 amide bonds.